The highest BCUT2D eigenvalue weighted by molar-refractivity contribution is 6.04. The molecule has 1 amide bonds. The van der Waals surface area contributed by atoms with E-state index in [4.69, 9.17) is 5.73 Å². The fraction of sp³-hybridized carbons (Fsp3) is 0.200. The van der Waals surface area contributed by atoms with Gasteiger partial charge in [0, 0.05) is 17.3 Å². The summed E-state index contributed by atoms with van der Waals surface area (Å²) < 4.78 is 26.6. The first-order chi connectivity index (χ1) is 9.86. The van der Waals surface area contributed by atoms with Crippen molar-refractivity contribution in [1.29, 1.82) is 0 Å². The molecule has 0 radical (unpaired) electrons. The fourth-order valence-corrected chi connectivity index (χ4v) is 1.79. The van der Waals surface area contributed by atoms with Crippen molar-refractivity contribution < 1.29 is 13.6 Å². The van der Waals surface area contributed by atoms with E-state index >= 15 is 0 Å². The molecule has 0 saturated heterocycles. The molecular formula is C15H15F2N3O. The van der Waals surface area contributed by atoms with E-state index in [-0.39, 0.29) is 23.0 Å². The molecule has 0 bridgehead atoms. The van der Waals surface area contributed by atoms with Crippen molar-refractivity contribution in [2.75, 3.05) is 11.1 Å². The average molecular weight is 291 g/mol. The number of hydrogen-bond acceptors (Lipinski definition) is 3. The molecule has 2 aromatic rings. The van der Waals surface area contributed by atoms with Crippen molar-refractivity contribution >= 4 is 17.4 Å². The van der Waals surface area contributed by atoms with Crippen molar-refractivity contribution in [1.82, 2.24) is 4.98 Å². The van der Waals surface area contributed by atoms with Gasteiger partial charge in [-0.25, -0.2) is 13.8 Å². The van der Waals surface area contributed by atoms with Crippen LogP contribution in [0.4, 0.5) is 20.3 Å². The monoisotopic (exact) mass is 291 g/mol. The molecule has 0 aliphatic heterocycles. The Morgan fingerprint density at radius 3 is 2.62 bits per heavy atom. The minimum Gasteiger partial charge on any atom is -0.384 e. The van der Waals surface area contributed by atoms with Gasteiger partial charge < -0.3 is 11.1 Å². The van der Waals surface area contributed by atoms with Crippen LogP contribution in [-0.2, 0) is 0 Å². The van der Waals surface area contributed by atoms with Crippen LogP contribution in [0.5, 0.6) is 0 Å². The van der Waals surface area contributed by atoms with Gasteiger partial charge in [-0.15, -0.1) is 0 Å². The minimum absolute atomic E-state index is 0.0888. The van der Waals surface area contributed by atoms with Crippen LogP contribution in [0, 0.1) is 11.6 Å². The Labute approximate surface area is 121 Å². The second-order valence-corrected chi connectivity index (χ2v) is 4.94. The normalized spacial score (nSPS) is 10.7. The van der Waals surface area contributed by atoms with Gasteiger partial charge in [-0.05, 0) is 30.2 Å². The SMILES string of the molecule is CC(C)c1cc(C(=O)Nc2cc(F)ccc2F)cc(N)n1. The van der Waals surface area contributed by atoms with Gasteiger partial charge in [-0.3, -0.25) is 4.79 Å². The van der Waals surface area contributed by atoms with Crippen LogP contribution in [0.15, 0.2) is 30.3 Å². The molecule has 0 unspecified atom stereocenters. The number of carbonyl (C=O) groups excluding carboxylic acids is 1. The Hall–Kier alpha value is -2.50. The van der Waals surface area contributed by atoms with Crippen LogP contribution in [0.25, 0.3) is 0 Å². The average Bonchev–Trinajstić information content (AvgIpc) is 2.42. The number of carbonyl (C=O) groups is 1. The highest BCUT2D eigenvalue weighted by atomic mass is 19.1. The lowest BCUT2D eigenvalue weighted by Gasteiger charge is -2.10. The molecule has 0 atom stereocenters. The van der Waals surface area contributed by atoms with Crippen molar-refractivity contribution in [2.24, 2.45) is 0 Å². The maximum atomic E-state index is 13.5. The number of nitrogen functional groups attached to an aromatic ring is 1. The van der Waals surface area contributed by atoms with E-state index in [0.29, 0.717) is 5.69 Å². The van der Waals surface area contributed by atoms with Crippen LogP contribution in [0.2, 0.25) is 0 Å². The number of amides is 1. The summed E-state index contributed by atoms with van der Waals surface area (Å²) in [5.74, 6) is -1.63. The molecule has 1 heterocycles. The van der Waals surface area contributed by atoms with Crippen molar-refractivity contribution in [3.05, 3.63) is 53.2 Å². The zero-order valence-electron chi connectivity index (χ0n) is 11.7. The van der Waals surface area contributed by atoms with Gasteiger partial charge in [0.25, 0.3) is 5.91 Å². The minimum atomic E-state index is -0.712. The summed E-state index contributed by atoms with van der Waals surface area (Å²) in [7, 11) is 0. The molecule has 2 rings (SSSR count). The number of hydrogen-bond donors (Lipinski definition) is 2. The van der Waals surface area contributed by atoms with Gasteiger partial charge >= 0.3 is 0 Å². The first kappa shape index (κ1) is 14.9. The molecule has 0 fully saturated rings. The summed E-state index contributed by atoms with van der Waals surface area (Å²) in [6.45, 7) is 3.82. The summed E-state index contributed by atoms with van der Waals surface area (Å²) in [6.07, 6.45) is 0. The maximum Gasteiger partial charge on any atom is 0.255 e. The zero-order chi connectivity index (χ0) is 15.6. The second kappa shape index (κ2) is 5.87. The number of nitrogens with zero attached hydrogens (tertiary/aromatic N) is 1. The number of halogens is 2. The quantitative estimate of drug-likeness (QED) is 0.911. The number of benzene rings is 1. The van der Waals surface area contributed by atoms with E-state index in [9.17, 15) is 13.6 Å². The first-order valence-corrected chi connectivity index (χ1v) is 6.40. The Morgan fingerprint density at radius 2 is 1.95 bits per heavy atom. The van der Waals surface area contributed by atoms with E-state index in [1.807, 2.05) is 13.8 Å². The Balaban J connectivity index is 2.30. The number of aromatic nitrogens is 1. The van der Waals surface area contributed by atoms with Gasteiger partial charge in [-0.2, -0.15) is 0 Å². The lowest BCUT2D eigenvalue weighted by molar-refractivity contribution is 0.102. The molecule has 4 nitrogen and oxygen atoms in total. The van der Waals surface area contributed by atoms with E-state index < -0.39 is 17.5 Å². The molecular weight excluding hydrogens is 276 g/mol. The number of rotatable bonds is 3. The van der Waals surface area contributed by atoms with Gasteiger partial charge in [0.05, 0.1) is 5.69 Å². The predicted molar refractivity (Wildman–Crippen MR) is 77.0 cm³/mol. The molecule has 1 aromatic carbocycles. The summed E-state index contributed by atoms with van der Waals surface area (Å²) in [6, 6.07) is 5.81. The van der Waals surface area contributed by atoms with E-state index in [2.05, 4.69) is 10.3 Å². The zero-order valence-corrected chi connectivity index (χ0v) is 11.7. The van der Waals surface area contributed by atoms with Gasteiger partial charge in [0.15, 0.2) is 0 Å². The predicted octanol–water partition coefficient (Wildman–Crippen LogP) is 3.32. The highest BCUT2D eigenvalue weighted by Gasteiger charge is 2.13. The van der Waals surface area contributed by atoms with E-state index in [1.165, 1.54) is 6.07 Å². The fourth-order valence-electron chi connectivity index (χ4n) is 1.79. The molecule has 1 aromatic heterocycles. The summed E-state index contributed by atoms with van der Waals surface area (Å²) in [5, 5.41) is 2.32. The molecule has 0 aliphatic rings. The van der Waals surface area contributed by atoms with Crippen LogP contribution >= 0.6 is 0 Å². The largest absolute Gasteiger partial charge is 0.384 e. The van der Waals surface area contributed by atoms with E-state index in [0.717, 1.165) is 18.2 Å². The van der Waals surface area contributed by atoms with Gasteiger partial charge in [0.2, 0.25) is 0 Å². The smallest absolute Gasteiger partial charge is 0.255 e. The molecule has 0 spiro atoms. The third-order valence-corrected chi connectivity index (χ3v) is 2.90. The van der Waals surface area contributed by atoms with Crippen LogP contribution < -0.4 is 11.1 Å². The van der Waals surface area contributed by atoms with Gasteiger partial charge in [0.1, 0.15) is 17.5 Å². The molecule has 21 heavy (non-hydrogen) atoms. The molecule has 6 heteroatoms. The molecule has 0 saturated carbocycles. The highest BCUT2D eigenvalue weighted by Crippen LogP contribution is 2.19. The summed E-state index contributed by atoms with van der Waals surface area (Å²) >= 11 is 0. The van der Waals surface area contributed by atoms with Crippen molar-refractivity contribution in [3.63, 3.8) is 0 Å². The Kier molecular flexibility index (Phi) is 4.16. The van der Waals surface area contributed by atoms with Crippen LogP contribution in [0.3, 0.4) is 0 Å². The maximum absolute atomic E-state index is 13.5. The molecule has 3 N–H and O–H groups in total. The number of anilines is 2. The number of pyridine rings is 1. The third-order valence-electron chi connectivity index (χ3n) is 2.90. The lowest BCUT2D eigenvalue weighted by Crippen LogP contribution is -2.15. The van der Waals surface area contributed by atoms with Crippen molar-refractivity contribution in [3.8, 4) is 0 Å². The van der Waals surface area contributed by atoms with Crippen LogP contribution in [-0.4, -0.2) is 10.9 Å². The van der Waals surface area contributed by atoms with Crippen LogP contribution in [0.1, 0.15) is 35.8 Å². The van der Waals surface area contributed by atoms with E-state index in [1.54, 1.807) is 6.07 Å². The Bertz CT molecular complexity index is 687. The Morgan fingerprint density at radius 1 is 1.24 bits per heavy atom. The number of nitrogens with two attached hydrogens (primary N) is 1. The summed E-state index contributed by atoms with van der Waals surface area (Å²) in [4.78, 5) is 16.2. The molecule has 110 valence electrons. The second-order valence-electron chi connectivity index (χ2n) is 4.94. The number of nitrogens with one attached hydrogen (secondary N) is 1. The lowest BCUT2D eigenvalue weighted by atomic mass is 10.1. The van der Waals surface area contributed by atoms with Crippen molar-refractivity contribution in [2.45, 2.75) is 19.8 Å². The van der Waals surface area contributed by atoms with Gasteiger partial charge in [-0.1, -0.05) is 13.8 Å². The standard InChI is InChI=1S/C15H15F2N3O/c1-8(2)12-5-9(6-14(18)19-12)15(21)20-13-7-10(16)3-4-11(13)17/h3-8H,1-2H3,(H2,18,19)(H,20,21). The topological polar surface area (TPSA) is 68.0 Å². The molecule has 0 aliphatic carbocycles. The first-order valence-electron chi connectivity index (χ1n) is 6.40. The third kappa shape index (κ3) is 3.53. The summed E-state index contributed by atoms with van der Waals surface area (Å²) in [5.41, 5.74) is 6.33.